The summed E-state index contributed by atoms with van der Waals surface area (Å²) in [5.74, 6) is -1.17. The number of aromatic nitrogens is 4. The molecule has 1 aliphatic rings. The highest BCUT2D eigenvalue weighted by Crippen LogP contribution is 2.61. The van der Waals surface area contributed by atoms with E-state index in [0.717, 1.165) is 41.8 Å². The molecular formula is C31H48N7O17P3S. The van der Waals surface area contributed by atoms with Gasteiger partial charge in [0, 0.05) is 30.7 Å². The van der Waals surface area contributed by atoms with Gasteiger partial charge >= 0.3 is 23.5 Å². The van der Waals surface area contributed by atoms with Crippen LogP contribution in [0, 0.1) is 5.41 Å². The Labute approximate surface area is 342 Å². The highest BCUT2D eigenvalue weighted by molar-refractivity contribution is 8.14. The van der Waals surface area contributed by atoms with E-state index in [1.807, 2.05) is 25.2 Å². The summed E-state index contributed by atoms with van der Waals surface area (Å²) in [6.45, 7) is 2.48. The van der Waals surface area contributed by atoms with Crippen molar-refractivity contribution in [2.24, 2.45) is 5.41 Å². The molecule has 28 heteroatoms. The van der Waals surface area contributed by atoms with Gasteiger partial charge in [-0.3, -0.25) is 32.5 Å². The number of phosphoric acid groups is 3. The maximum Gasteiger partial charge on any atom is 0.481 e. The zero-order chi connectivity index (χ0) is 44.0. The molecule has 2 aromatic heterocycles. The summed E-state index contributed by atoms with van der Waals surface area (Å²) in [6, 6.07) is 0. The van der Waals surface area contributed by atoms with E-state index in [2.05, 4.69) is 34.4 Å². The summed E-state index contributed by atoms with van der Waals surface area (Å²) in [5.41, 5.74) is 4.26. The Morgan fingerprint density at radius 1 is 1.03 bits per heavy atom. The molecule has 2 amide bonds. The lowest BCUT2D eigenvalue weighted by molar-refractivity contribution is -0.137. The number of rotatable bonds is 24. The zero-order valence-corrected chi connectivity index (χ0v) is 35.5. The van der Waals surface area contributed by atoms with E-state index in [0.29, 0.717) is 5.75 Å². The fourth-order valence-corrected chi connectivity index (χ4v) is 8.37. The van der Waals surface area contributed by atoms with Crippen LogP contribution in [0.4, 0.5) is 5.82 Å². The lowest BCUT2D eigenvalue weighted by atomic mass is 9.87. The monoisotopic (exact) mass is 915 g/mol. The molecule has 0 saturated carbocycles. The SMILES string of the molecule is CC/C=C/C/C=C/C=C/C(=O)SCCNC(=O)CCNC(=O)C(O)C(C)(C)COP(=O)(O)OP(=O)(O)OCC1OC(n2cnc3c(N)ncnc32)C(O)C1OP(=O)(O)O. The molecular weight excluding hydrogens is 867 g/mol. The van der Waals surface area contributed by atoms with Crippen LogP contribution in [0.25, 0.3) is 11.2 Å². The Morgan fingerprint density at radius 2 is 1.75 bits per heavy atom. The Kier molecular flexibility index (Phi) is 19.2. The number of imidazole rings is 1. The smallest absolute Gasteiger partial charge is 0.386 e. The van der Waals surface area contributed by atoms with Crippen LogP contribution in [0.1, 0.15) is 46.3 Å². The molecule has 3 heterocycles. The molecule has 0 aromatic carbocycles. The summed E-state index contributed by atoms with van der Waals surface area (Å²) < 4.78 is 62.2. The summed E-state index contributed by atoms with van der Waals surface area (Å²) >= 11 is 1.01. The number of anilines is 1. The van der Waals surface area contributed by atoms with Crippen molar-refractivity contribution >= 4 is 69.1 Å². The van der Waals surface area contributed by atoms with Crippen LogP contribution in [-0.2, 0) is 50.7 Å². The average molecular weight is 916 g/mol. The van der Waals surface area contributed by atoms with Gasteiger partial charge in [-0.25, -0.2) is 28.6 Å². The number of aliphatic hydroxyl groups excluding tert-OH is 2. The molecule has 3 rings (SSSR count). The van der Waals surface area contributed by atoms with E-state index in [4.69, 9.17) is 19.5 Å². The topological polar surface area (TPSA) is 364 Å². The Balaban J connectivity index is 1.44. The molecule has 0 bridgehead atoms. The number of aliphatic hydroxyl groups is 2. The standard InChI is InChI=1S/C31H48N7O17P3S/c1-4-5-6-7-8-9-10-11-22(40)59-15-14-33-21(39)12-13-34-29(43)26(42)31(2,3)17-52-58(49,50)55-57(47,48)51-16-20-25(54-56(44,45)46)24(41)30(53-20)38-19-37-23-27(32)35-18-36-28(23)38/h5-6,8-11,18-20,24-26,30,41-42H,4,7,12-17H2,1-3H3,(H,33,39)(H,34,43)(H,47,48)(H,49,50)(H2,32,35,36)(H2,44,45,46)/b6-5+,9-8+,11-10+. The number of thioether (sulfide) groups is 1. The number of nitrogens with two attached hydrogens (primary N) is 1. The highest BCUT2D eigenvalue weighted by Gasteiger charge is 2.50. The highest BCUT2D eigenvalue weighted by atomic mass is 32.2. The van der Waals surface area contributed by atoms with Gasteiger partial charge in [0.05, 0.1) is 19.5 Å². The fourth-order valence-electron chi connectivity index (χ4n) is 4.96. The van der Waals surface area contributed by atoms with Crippen molar-refractivity contribution < 1.29 is 80.5 Å². The normalized spacial score (nSPS) is 21.6. The van der Waals surface area contributed by atoms with Crippen LogP contribution in [0.2, 0.25) is 0 Å². The van der Waals surface area contributed by atoms with E-state index >= 15 is 0 Å². The second kappa shape index (κ2) is 22.6. The molecule has 7 atom stereocenters. The summed E-state index contributed by atoms with van der Waals surface area (Å²) in [5, 5.41) is 26.2. The van der Waals surface area contributed by atoms with Crippen molar-refractivity contribution in [3.05, 3.63) is 49.1 Å². The van der Waals surface area contributed by atoms with Crippen molar-refractivity contribution in [2.75, 3.05) is 37.8 Å². The number of nitrogens with one attached hydrogen (secondary N) is 2. The van der Waals surface area contributed by atoms with Crippen LogP contribution < -0.4 is 16.4 Å². The Hall–Kier alpha value is -3.22. The number of phosphoric ester groups is 3. The second-order valence-electron chi connectivity index (χ2n) is 13.1. The molecule has 24 nitrogen and oxygen atoms in total. The van der Waals surface area contributed by atoms with Gasteiger partial charge in [0.2, 0.25) is 16.9 Å². The van der Waals surface area contributed by atoms with Crippen LogP contribution >= 0.6 is 35.2 Å². The van der Waals surface area contributed by atoms with Crippen molar-refractivity contribution in [3.63, 3.8) is 0 Å². The van der Waals surface area contributed by atoms with Gasteiger partial charge in [0.1, 0.15) is 36.3 Å². The first kappa shape index (κ1) is 50.1. The summed E-state index contributed by atoms with van der Waals surface area (Å²) in [4.78, 5) is 87.6. The number of nitrogen functional groups attached to an aromatic ring is 1. The van der Waals surface area contributed by atoms with Crippen LogP contribution in [0.3, 0.4) is 0 Å². The average Bonchev–Trinajstić information content (AvgIpc) is 3.71. The molecule has 1 saturated heterocycles. The number of fused-ring (bicyclic) bond motifs is 1. The second-order valence-corrected chi connectivity index (χ2v) is 18.5. The number of allylic oxidation sites excluding steroid dienone is 5. The molecule has 59 heavy (non-hydrogen) atoms. The van der Waals surface area contributed by atoms with Crippen LogP contribution in [-0.4, -0.2) is 123 Å². The number of nitrogens with zero attached hydrogens (tertiary/aromatic N) is 4. The van der Waals surface area contributed by atoms with Gasteiger partial charge in [-0.15, -0.1) is 0 Å². The minimum atomic E-state index is -5.57. The van der Waals surface area contributed by atoms with Gasteiger partial charge in [0.15, 0.2) is 17.7 Å². The number of carbonyl (C=O) groups is 3. The molecule has 330 valence electrons. The van der Waals surface area contributed by atoms with Crippen LogP contribution in [0.5, 0.6) is 0 Å². The van der Waals surface area contributed by atoms with Gasteiger partial charge in [-0.2, -0.15) is 4.31 Å². The Bertz CT molecular complexity index is 1990. The maximum atomic E-state index is 12.7. The number of ether oxygens (including phenoxy) is 1. The number of carbonyl (C=O) groups excluding carboxylic acids is 3. The minimum Gasteiger partial charge on any atom is -0.386 e. The lowest BCUT2D eigenvalue weighted by Gasteiger charge is -2.30. The number of hydrogen-bond donors (Lipinski definition) is 9. The number of amides is 2. The van der Waals surface area contributed by atoms with E-state index in [-0.39, 0.29) is 41.6 Å². The van der Waals surface area contributed by atoms with E-state index < -0.39 is 84.6 Å². The third-order valence-corrected chi connectivity index (χ3v) is 11.8. The minimum absolute atomic E-state index is 0.0289. The van der Waals surface area contributed by atoms with Gasteiger partial charge in [-0.1, -0.05) is 62.9 Å². The summed E-state index contributed by atoms with van der Waals surface area (Å²) in [6.07, 6.45) is 5.52. The molecule has 0 spiro atoms. The van der Waals surface area contributed by atoms with E-state index in [1.54, 1.807) is 12.2 Å². The third-order valence-electron chi connectivity index (χ3n) is 7.90. The quantitative estimate of drug-likeness (QED) is 0.0234. The fraction of sp³-hybridized carbons (Fsp3) is 0.548. The van der Waals surface area contributed by atoms with Crippen molar-refractivity contribution in [2.45, 2.75) is 70.7 Å². The van der Waals surface area contributed by atoms with Crippen molar-refractivity contribution in [3.8, 4) is 0 Å². The van der Waals surface area contributed by atoms with E-state index in [1.165, 1.54) is 19.9 Å². The zero-order valence-electron chi connectivity index (χ0n) is 32.0. The molecule has 0 radical (unpaired) electrons. The van der Waals surface area contributed by atoms with Crippen molar-refractivity contribution in [1.29, 1.82) is 0 Å². The summed E-state index contributed by atoms with van der Waals surface area (Å²) in [7, 11) is -16.4. The molecule has 1 aliphatic heterocycles. The van der Waals surface area contributed by atoms with E-state index in [9.17, 15) is 57.9 Å². The molecule has 10 N–H and O–H groups in total. The molecule has 2 aromatic rings. The molecule has 0 aliphatic carbocycles. The first-order valence-corrected chi connectivity index (χ1v) is 23.1. The van der Waals surface area contributed by atoms with Crippen molar-refractivity contribution in [1.82, 2.24) is 30.2 Å². The first-order chi connectivity index (χ1) is 27.6. The largest absolute Gasteiger partial charge is 0.481 e. The lowest BCUT2D eigenvalue weighted by Crippen LogP contribution is -2.46. The molecule has 7 unspecified atom stereocenters. The van der Waals surface area contributed by atoms with Crippen LogP contribution in [0.15, 0.2) is 49.1 Å². The predicted octanol–water partition coefficient (Wildman–Crippen LogP) is 1.13. The predicted molar refractivity (Wildman–Crippen MR) is 209 cm³/mol. The maximum absolute atomic E-state index is 12.7. The number of hydrogen-bond acceptors (Lipinski definition) is 18. The van der Waals surface area contributed by atoms with Gasteiger partial charge in [0.25, 0.3) is 0 Å². The van der Waals surface area contributed by atoms with Gasteiger partial charge in [-0.05, 0) is 18.9 Å². The first-order valence-electron chi connectivity index (χ1n) is 17.6. The van der Waals surface area contributed by atoms with Gasteiger partial charge < -0.3 is 50.9 Å². The molecule has 1 fully saturated rings. The Morgan fingerprint density at radius 3 is 2.44 bits per heavy atom. The third kappa shape index (κ3) is 16.6.